The van der Waals surface area contributed by atoms with E-state index in [-0.39, 0.29) is 0 Å². The fraction of sp³-hybridized carbons (Fsp3) is 0.600. The summed E-state index contributed by atoms with van der Waals surface area (Å²) in [6, 6.07) is 7.04. The highest BCUT2D eigenvalue weighted by molar-refractivity contribution is 8.00. The monoisotopic (exact) mass is 296 g/mol. The number of para-hydroxylation sites is 1. The lowest BCUT2D eigenvalue weighted by atomic mass is 10.1. The van der Waals surface area contributed by atoms with Gasteiger partial charge in [0.15, 0.2) is 0 Å². The number of nitrogens with zero attached hydrogens (tertiary/aromatic N) is 1. The van der Waals surface area contributed by atoms with E-state index in [0.29, 0.717) is 5.25 Å². The van der Waals surface area contributed by atoms with Gasteiger partial charge in [0.05, 0.1) is 10.7 Å². The second-order valence-electron chi connectivity index (χ2n) is 5.53. The van der Waals surface area contributed by atoms with E-state index in [0.717, 1.165) is 30.7 Å². The Morgan fingerprint density at radius 1 is 1.42 bits per heavy atom. The normalized spacial score (nSPS) is 23.7. The van der Waals surface area contributed by atoms with Crippen LogP contribution in [0.15, 0.2) is 18.2 Å². The molecule has 1 aromatic rings. The average molecular weight is 297 g/mol. The SMILES string of the molecule is CC1CN(c2c(Cl)cccc2CNC2CC2)CCS1. The van der Waals surface area contributed by atoms with Crippen molar-refractivity contribution in [1.82, 2.24) is 5.32 Å². The quantitative estimate of drug-likeness (QED) is 0.915. The Kier molecular flexibility index (Phi) is 4.25. The van der Waals surface area contributed by atoms with Gasteiger partial charge in [-0.15, -0.1) is 0 Å². The zero-order valence-electron chi connectivity index (χ0n) is 11.4. The van der Waals surface area contributed by atoms with Crippen LogP contribution in [0.5, 0.6) is 0 Å². The Morgan fingerprint density at radius 2 is 2.26 bits per heavy atom. The van der Waals surface area contributed by atoms with Crippen LogP contribution in [0, 0.1) is 0 Å². The number of benzene rings is 1. The Bertz CT molecular complexity index is 448. The third kappa shape index (κ3) is 3.39. The fourth-order valence-electron chi connectivity index (χ4n) is 2.62. The van der Waals surface area contributed by atoms with Gasteiger partial charge in [0.25, 0.3) is 0 Å². The van der Waals surface area contributed by atoms with E-state index in [9.17, 15) is 0 Å². The van der Waals surface area contributed by atoms with E-state index >= 15 is 0 Å². The molecule has 0 spiro atoms. The maximum absolute atomic E-state index is 6.47. The van der Waals surface area contributed by atoms with Gasteiger partial charge in [-0.05, 0) is 24.5 Å². The Hall–Kier alpha value is -0.380. The van der Waals surface area contributed by atoms with Crippen LogP contribution < -0.4 is 10.2 Å². The topological polar surface area (TPSA) is 15.3 Å². The number of hydrogen-bond acceptors (Lipinski definition) is 3. The van der Waals surface area contributed by atoms with Crippen molar-refractivity contribution >= 4 is 29.1 Å². The lowest BCUT2D eigenvalue weighted by Crippen LogP contribution is -2.37. The van der Waals surface area contributed by atoms with Crippen LogP contribution in [0.1, 0.15) is 25.3 Å². The summed E-state index contributed by atoms with van der Waals surface area (Å²) in [5.74, 6) is 1.20. The van der Waals surface area contributed by atoms with Crippen molar-refractivity contribution in [3.05, 3.63) is 28.8 Å². The standard InChI is InChI=1S/C15H21ClN2S/c1-11-10-18(7-8-19-11)15-12(3-2-4-14(15)16)9-17-13-5-6-13/h2-4,11,13,17H,5-10H2,1H3. The minimum absolute atomic E-state index is 0.689. The minimum Gasteiger partial charge on any atom is -0.368 e. The van der Waals surface area contributed by atoms with Gasteiger partial charge in [-0.3, -0.25) is 0 Å². The Balaban J connectivity index is 1.80. The van der Waals surface area contributed by atoms with Gasteiger partial charge < -0.3 is 10.2 Å². The van der Waals surface area contributed by atoms with E-state index in [4.69, 9.17) is 11.6 Å². The van der Waals surface area contributed by atoms with E-state index < -0.39 is 0 Å². The van der Waals surface area contributed by atoms with E-state index in [2.05, 4.69) is 41.0 Å². The van der Waals surface area contributed by atoms with Gasteiger partial charge in [0.2, 0.25) is 0 Å². The first-order valence-electron chi connectivity index (χ1n) is 7.11. The number of anilines is 1. The molecule has 1 saturated carbocycles. The fourth-order valence-corrected chi connectivity index (χ4v) is 3.95. The van der Waals surface area contributed by atoms with Crippen molar-refractivity contribution in [1.29, 1.82) is 0 Å². The second-order valence-corrected chi connectivity index (χ2v) is 7.48. The minimum atomic E-state index is 0.689. The van der Waals surface area contributed by atoms with Gasteiger partial charge >= 0.3 is 0 Å². The summed E-state index contributed by atoms with van der Waals surface area (Å²) in [5, 5.41) is 5.19. The number of thioether (sulfide) groups is 1. The molecule has 1 unspecified atom stereocenters. The molecular weight excluding hydrogens is 276 g/mol. The highest BCUT2D eigenvalue weighted by Gasteiger charge is 2.23. The first-order chi connectivity index (χ1) is 9.24. The van der Waals surface area contributed by atoms with Gasteiger partial charge in [-0.25, -0.2) is 0 Å². The molecule has 1 heterocycles. The predicted molar refractivity (Wildman–Crippen MR) is 85.4 cm³/mol. The molecule has 1 saturated heterocycles. The van der Waals surface area contributed by atoms with Crippen LogP contribution >= 0.6 is 23.4 Å². The highest BCUT2D eigenvalue weighted by Crippen LogP contribution is 2.33. The van der Waals surface area contributed by atoms with Crippen molar-refractivity contribution in [2.24, 2.45) is 0 Å². The molecule has 3 rings (SSSR count). The van der Waals surface area contributed by atoms with Crippen LogP contribution in [-0.4, -0.2) is 30.1 Å². The molecule has 1 atom stereocenters. The van der Waals surface area contributed by atoms with Gasteiger partial charge in [0.1, 0.15) is 0 Å². The first kappa shape index (κ1) is 13.6. The summed E-state index contributed by atoms with van der Waals surface area (Å²) < 4.78 is 0. The molecule has 1 N–H and O–H groups in total. The largest absolute Gasteiger partial charge is 0.368 e. The number of halogens is 1. The number of rotatable bonds is 4. The van der Waals surface area contributed by atoms with Crippen molar-refractivity contribution in [3.63, 3.8) is 0 Å². The predicted octanol–water partition coefficient (Wildman–Crippen LogP) is 3.53. The average Bonchev–Trinajstić information content (AvgIpc) is 3.20. The Labute approximate surface area is 124 Å². The summed E-state index contributed by atoms with van der Waals surface area (Å²) in [5.41, 5.74) is 2.60. The molecule has 2 fully saturated rings. The van der Waals surface area contributed by atoms with Crippen molar-refractivity contribution in [3.8, 4) is 0 Å². The number of hydrogen-bond donors (Lipinski definition) is 1. The summed E-state index contributed by atoms with van der Waals surface area (Å²) in [7, 11) is 0. The molecule has 4 heteroatoms. The Morgan fingerprint density at radius 3 is 3.00 bits per heavy atom. The van der Waals surface area contributed by atoms with Crippen molar-refractivity contribution in [2.75, 3.05) is 23.7 Å². The molecule has 2 aliphatic rings. The van der Waals surface area contributed by atoms with Crippen molar-refractivity contribution in [2.45, 2.75) is 37.6 Å². The summed E-state index contributed by atoms with van der Waals surface area (Å²) in [6.07, 6.45) is 2.65. The second kappa shape index (κ2) is 5.94. The third-order valence-electron chi connectivity index (χ3n) is 3.79. The molecule has 1 aliphatic heterocycles. The van der Waals surface area contributed by atoms with Gasteiger partial charge in [0, 0.05) is 36.7 Å². The molecule has 0 amide bonds. The van der Waals surface area contributed by atoms with Gasteiger partial charge in [-0.2, -0.15) is 11.8 Å². The van der Waals surface area contributed by atoms with Crippen LogP contribution in [0.25, 0.3) is 0 Å². The van der Waals surface area contributed by atoms with Crippen LogP contribution in [-0.2, 0) is 6.54 Å². The lowest BCUT2D eigenvalue weighted by Gasteiger charge is -2.34. The van der Waals surface area contributed by atoms with Crippen LogP contribution in [0.3, 0.4) is 0 Å². The molecule has 2 nitrogen and oxygen atoms in total. The summed E-state index contributed by atoms with van der Waals surface area (Å²) in [4.78, 5) is 2.47. The molecule has 0 aromatic heterocycles. The van der Waals surface area contributed by atoms with E-state index in [1.165, 1.54) is 29.8 Å². The molecule has 1 aliphatic carbocycles. The zero-order chi connectivity index (χ0) is 13.2. The van der Waals surface area contributed by atoms with Crippen molar-refractivity contribution < 1.29 is 0 Å². The van der Waals surface area contributed by atoms with Crippen LogP contribution in [0.4, 0.5) is 5.69 Å². The van der Waals surface area contributed by atoms with Gasteiger partial charge in [-0.1, -0.05) is 30.7 Å². The molecule has 1 aromatic carbocycles. The van der Waals surface area contributed by atoms with E-state index in [1.807, 2.05) is 6.07 Å². The lowest BCUT2D eigenvalue weighted by molar-refractivity contribution is 0.682. The smallest absolute Gasteiger partial charge is 0.0642 e. The summed E-state index contributed by atoms with van der Waals surface area (Å²) in [6.45, 7) is 5.45. The maximum Gasteiger partial charge on any atom is 0.0642 e. The molecule has 0 bridgehead atoms. The number of nitrogens with one attached hydrogen (secondary N) is 1. The highest BCUT2D eigenvalue weighted by atomic mass is 35.5. The molecule has 104 valence electrons. The first-order valence-corrected chi connectivity index (χ1v) is 8.54. The summed E-state index contributed by atoms with van der Waals surface area (Å²) >= 11 is 8.52. The molecular formula is C15H21ClN2S. The maximum atomic E-state index is 6.47. The van der Waals surface area contributed by atoms with E-state index in [1.54, 1.807) is 0 Å². The van der Waals surface area contributed by atoms with Crippen LogP contribution in [0.2, 0.25) is 5.02 Å². The molecule has 19 heavy (non-hydrogen) atoms. The third-order valence-corrected chi connectivity index (χ3v) is 5.23. The zero-order valence-corrected chi connectivity index (χ0v) is 12.9. The molecule has 0 radical (unpaired) electrons.